The Hall–Kier alpha value is -4.01. The Labute approximate surface area is 185 Å². The maximum absolute atomic E-state index is 13.0. The van der Waals surface area contributed by atoms with Gasteiger partial charge in [0.25, 0.3) is 5.91 Å². The first-order valence-electron chi connectivity index (χ1n) is 9.91. The third-order valence-corrected chi connectivity index (χ3v) is 4.90. The van der Waals surface area contributed by atoms with Gasteiger partial charge in [-0.3, -0.25) is 4.79 Å². The molecular formula is C23H25N3O6. The molecule has 9 heteroatoms. The van der Waals surface area contributed by atoms with Gasteiger partial charge in [0.05, 0.1) is 25.8 Å². The number of carbonyl (C=O) groups is 3. The smallest absolute Gasteiger partial charge is 0.343 e. The van der Waals surface area contributed by atoms with Crippen LogP contribution in [-0.2, 0) is 20.9 Å². The summed E-state index contributed by atoms with van der Waals surface area (Å²) in [6.45, 7) is 1.75. The molecule has 32 heavy (non-hydrogen) atoms. The number of allylic oxidation sites excluding steroid dienone is 1. The van der Waals surface area contributed by atoms with E-state index in [9.17, 15) is 14.4 Å². The third kappa shape index (κ3) is 5.37. The number of hydrogen-bond acceptors (Lipinski definition) is 6. The molecule has 0 unspecified atom stereocenters. The number of amides is 3. The van der Waals surface area contributed by atoms with Gasteiger partial charge in [0.2, 0.25) is 0 Å². The number of hydrogen-bond donors (Lipinski definition) is 3. The minimum absolute atomic E-state index is 0.275. The van der Waals surface area contributed by atoms with E-state index in [0.29, 0.717) is 34.9 Å². The summed E-state index contributed by atoms with van der Waals surface area (Å²) in [7, 11) is 2.73. The first-order valence-corrected chi connectivity index (χ1v) is 9.91. The average molecular weight is 439 g/mol. The van der Waals surface area contributed by atoms with Crippen LogP contribution in [0.1, 0.15) is 24.1 Å². The summed E-state index contributed by atoms with van der Waals surface area (Å²) in [6.07, 6.45) is 0. The van der Waals surface area contributed by atoms with E-state index >= 15 is 0 Å². The second kappa shape index (κ2) is 10.3. The Morgan fingerprint density at radius 1 is 1.06 bits per heavy atom. The van der Waals surface area contributed by atoms with Crippen molar-refractivity contribution in [1.29, 1.82) is 0 Å². The molecule has 0 bridgehead atoms. The molecule has 0 aliphatic carbocycles. The molecule has 2 aromatic rings. The average Bonchev–Trinajstić information content (AvgIpc) is 2.81. The molecule has 1 atom stereocenters. The molecule has 3 N–H and O–H groups in total. The van der Waals surface area contributed by atoms with E-state index in [4.69, 9.17) is 9.47 Å². The van der Waals surface area contributed by atoms with E-state index in [1.165, 1.54) is 14.2 Å². The van der Waals surface area contributed by atoms with E-state index in [2.05, 4.69) is 20.7 Å². The molecule has 0 radical (unpaired) electrons. The van der Waals surface area contributed by atoms with Gasteiger partial charge in [-0.15, -0.1) is 0 Å². The van der Waals surface area contributed by atoms with Crippen molar-refractivity contribution >= 4 is 17.9 Å². The van der Waals surface area contributed by atoms with Gasteiger partial charge in [-0.25, -0.2) is 9.59 Å². The molecule has 1 heterocycles. The second-order valence-corrected chi connectivity index (χ2v) is 7.01. The molecule has 0 saturated carbocycles. The number of carbonyl (C=O) groups excluding carboxylic acids is 3. The first kappa shape index (κ1) is 22.7. The van der Waals surface area contributed by atoms with Gasteiger partial charge < -0.3 is 30.2 Å². The quantitative estimate of drug-likeness (QED) is 0.543. The lowest BCUT2D eigenvalue weighted by Gasteiger charge is -2.29. The van der Waals surface area contributed by atoms with Crippen molar-refractivity contribution in [3.8, 4) is 11.5 Å². The maximum Gasteiger partial charge on any atom is 0.343 e. The molecule has 2 aromatic carbocycles. The molecule has 0 fully saturated rings. The Morgan fingerprint density at radius 3 is 2.50 bits per heavy atom. The van der Waals surface area contributed by atoms with Crippen molar-refractivity contribution in [3.63, 3.8) is 0 Å². The predicted octanol–water partition coefficient (Wildman–Crippen LogP) is 2.19. The van der Waals surface area contributed by atoms with Crippen LogP contribution in [0.4, 0.5) is 4.79 Å². The molecular weight excluding hydrogens is 414 g/mol. The van der Waals surface area contributed by atoms with Gasteiger partial charge in [0.15, 0.2) is 18.1 Å². The lowest BCUT2D eigenvalue weighted by atomic mass is 9.94. The molecule has 168 valence electrons. The summed E-state index contributed by atoms with van der Waals surface area (Å²) < 4.78 is 15.4. The Bertz CT molecular complexity index is 1040. The largest absolute Gasteiger partial charge is 0.493 e. The number of methoxy groups -OCH3 is 2. The fourth-order valence-corrected chi connectivity index (χ4v) is 3.30. The molecule has 3 amide bonds. The monoisotopic (exact) mass is 439 g/mol. The molecule has 0 saturated heterocycles. The lowest BCUT2D eigenvalue weighted by Crippen LogP contribution is -2.46. The van der Waals surface area contributed by atoms with Crippen LogP contribution in [0, 0.1) is 0 Å². The summed E-state index contributed by atoms with van der Waals surface area (Å²) in [4.78, 5) is 36.5. The molecule has 1 aliphatic heterocycles. The summed E-state index contributed by atoms with van der Waals surface area (Å²) in [5.41, 5.74) is 2.41. The topological polar surface area (TPSA) is 115 Å². The predicted molar refractivity (Wildman–Crippen MR) is 116 cm³/mol. The van der Waals surface area contributed by atoms with Crippen molar-refractivity contribution in [2.75, 3.05) is 20.8 Å². The normalized spacial score (nSPS) is 15.3. The third-order valence-electron chi connectivity index (χ3n) is 4.90. The fourth-order valence-electron chi connectivity index (χ4n) is 3.30. The minimum atomic E-state index is -0.705. The van der Waals surface area contributed by atoms with Crippen LogP contribution in [0.25, 0.3) is 0 Å². The summed E-state index contributed by atoms with van der Waals surface area (Å²) >= 11 is 0. The van der Waals surface area contributed by atoms with Gasteiger partial charge in [-0.2, -0.15) is 0 Å². The summed E-state index contributed by atoms with van der Waals surface area (Å²) in [5.74, 6) is -0.162. The van der Waals surface area contributed by atoms with Gasteiger partial charge in [-0.1, -0.05) is 36.4 Å². The first-order chi connectivity index (χ1) is 15.4. The molecule has 9 nitrogen and oxygen atoms in total. The zero-order valence-electron chi connectivity index (χ0n) is 18.1. The van der Waals surface area contributed by atoms with E-state index in [1.54, 1.807) is 25.1 Å². The highest BCUT2D eigenvalue weighted by atomic mass is 16.6. The van der Waals surface area contributed by atoms with Crippen LogP contribution in [0.15, 0.2) is 59.8 Å². The van der Waals surface area contributed by atoms with E-state index in [-0.39, 0.29) is 12.5 Å². The Kier molecular flexibility index (Phi) is 7.33. The Morgan fingerprint density at radius 2 is 1.81 bits per heavy atom. The molecule has 1 aliphatic rings. The molecule has 0 aromatic heterocycles. The number of benzene rings is 2. The van der Waals surface area contributed by atoms with E-state index in [1.807, 2.05) is 30.3 Å². The van der Waals surface area contributed by atoms with E-state index in [0.717, 1.165) is 5.56 Å². The zero-order valence-corrected chi connectivity index (χ0v) is 18.1. The van der Waals surface area contributed by atoms with Crippen LogP contribution in [0.3, 0.4) is 0 Å². The standard InChI is InChI=1S/C23H25N3O6/c1-14-20(22(28)24-12-15-7-5-4-6-8-15)21(26-23(29)25-14)16-9-10-17(18(11-16)30-2)32-13-19(27)31-3/h4-11,21H,12-13H2,1-3H3,(H,24,28)(H2,25,26,29)/t21-/m0/s1. The number of urea groups is 1. The minimum Gasteiger partial charge on any atom is -0.493 e. The maximum atomic E-state index is 13.0. The number of rotatable bonds is 8. The lowest BCUT2D eigenvalue weighted by molar-refractivity contribution is -0.142. The van der Waals surface area contributed by atoms with Crippen LogP contribution < -0.4 is 25.4 Å². The van der Waals surface area contributed by atoms with Gasteiger partial charge in [0.1, 0.15) is 0 Å². The van der Waals surface area contributed by atoms with Crippen molar-refractivity contribution < 1.29 is 28.6 Å². The van der Waals surface area contributed by atoms with Crippen LogP contribution in [0.5, 0.6) is 11.5 Å². The van der Waals surface area contributed by atoms with Crippen molar-refractivity contribution in [3.05, 3.63) is 70.9 Å². The van der Waals surface area contributed by atoms with Crippen molar-refractivity contribution in [2.24, 2.45) is 0 Å². The molecule has 0 spiro atoms. The highest BCUT2D eigenvalue weighted by Crippen LogP contribution is 2.34. The summed E-state index contributed by atoms with van der Waals surface area (Å²) in [5, 5.41) is 8.33. The second-order valence-electron chi connectivity index (χ2n) is 7.01. The zero-order chi connectivity index (χ0) is 23.1. The van der Waals surface area contributed by atoms with Crippen LogP contribution in [0.2, 0.25) is 0 Å². The van der Waals surface area contributed by atoms with Crippen molar-refractivity contribution in [1.82, 2.24) is 16.0 Å². The number of esters is 1. The number of ether oxygens (including phenoxy) is 3. The van der Waals surface area contributed by atoms with Crippen LogP contribution in [-0.4, -0.2) is 38.7 Å². The van der Waals surface area contributed by atoms with Gasteiger partial charge >= 0.3 is 12.0 Å². The van der Waals surface area contributed by atoms with Gasteiger partial charge in [-0.05, 0) is 30.2 Å². The summed E-state index contributed by atoms with van der Waals surface area (Å²) in [6, 6.07) is 13.4. The molecule has 3 rings (SSSR count). The van der Waals surface area contributed by atoms with E-state index < -0.39 is 18.0 Å². The SMILES string of the molecule is COC(=O)COc1ccc([C@@H]2NC(=O)NC(C)=C2C(=O)NCc2ccccc2)cc1OC. The van der Waals surface area contributed by atoms with Gasteiger partial charge in [0, 0.05) is 12.2 Å². The number of nitrogens with one attached hydrogen (secondary N) is 3. The fraction of sp³-hybridized carbons (Fsp3) is 0.261. The van der Waals surface area contributed by atoms with Crippen molar-refractivity contribution in [2.45, 2.75) is 19.5 Å². The van der Waals surface area contributed by atoms with Crippen LogP contribution >= 0.6 is 0 Å². The highest BCUT2D eigenvalue weighted by molar-refractivity contribution is 5.98. The Balaban J connectivity index is 1.85. The highest BCUT2D eigenvalue weighted by Gasteiger charge is 2.31.